The first kappa shape index (κ1) is 27.0. The van der Waals surface area contributed by atoms with Gasteiger partial charge in [0.15, 0.2) is 0 Å². The quantitative estimate of drug-likeness (QED) is 0.221. The lowest BCUT2D eigenvalue weighted by molar-refractivity contribution is -0.144. The SMILES string of the molecule is C[C@@H](COc1ccnc2ccsc12)C[C@@H]1Cc2cc(F)ccc2C12CCC(Nc1cccc(Cl)c1)(C(=O)O)CC2. The Bertz CT molecular complexity index is 1550. The number of ether oxygens (including phenoxy) is 1. The van der Waals surface area contributed by atoms with Crippen molar-refractivity contribution in [2.75, 3.05) is 11.9 Å². The Hall–Kier alpha value is -3.16. The predicted molar refractivity (Wildman–Crippen MR) is 158 cm³/mol. The third-order valence-corrected chi connectivity index (χ3v) is 10.1. The van der Waals surface area contributed by atoms with Gasteiger partial charge < -0.3 is 15.2 Å². The van der Waals surface area contributed by atoms with Gasteiger partial charge in [-0.2, -0.15) is 0 Å². The number of nitrogens with one attached hydrogen (secondary N) is 1. The monoisotopic (exact) mass is 578 g/mol. The first-order valence-electron chi connectivity index (χ1n) is 13.8. The number of halogens is 2. The van der Waals surface area contributed by atoms with Crippen LogP contribution in [0.5, 0.6) is 5.75 Å². The van der Waals surface area contributed by atoms with Crippen molar-refractivity contribution >= 4 is 44.8 Å². The Morgan fingerprint density at radius 2 is 2.02 bits per heavy atom. The number of anilines is 1. The molecule has 6 rings (SSSR count). The minimum Gasteiger partial charge on any atom is -0.492 e. The fraction of sp³-hybridized carbons (Fsp3) is 0.375. The number of carboxylic acid groups (broad SMARTS) is 1. The van der Waals surface area contributed by atoms with Crippen LogP contribution in [0.4, 0.5) is 10.1 Å². The van der Waals surface area contributed by atoms with Crippen molar-refractivity contribution in [3.8, 4) is 5.75 Å². The van der Waals surface area contributed by atoms with E-state index in [0.717, 1.165) is 34.4 Å². The van der Waals surface area contributed by atoms with Crippen LogP contribution < -0.4 is 10.1 Å². The zero-order valence-electron chi connectivity index (χ0n) is 22.3. The predicted octanol–water partition coefficient (Wildman–Crippen LogP) is 8.11. The lowest BCUT2D eigenvalue weighted by Crippen LogP contribution is -2.53. The number of aliphatic carboxylic acids is 1. The van der Waals surface area contributed by atoms with Gasteiger partial charge in [-0.15, -0.1) is 11.3 Å². The Morgan fingerprint density at radius 3 is 2.80 bits per heavy atom. The number of fused-ring (bicyclic) bond motifs is 3. The largest absolute Gasteiger partial charge is 0.492 e. The standard InChI is InChI=1S/C32H32ClFN2O3S/c1-20(19-39-28-7-13-35-27-8-14-40-29(27)28)15-22-16-21-17-24(34)5-6-26(21)31(22)9-11-32(12-10-31,30(37)38)36-25-4-2-3-23(33)18-25/h2-8,13-14,17-18,20,22,36H,9-12,15-16,19H2,1H3,(H,37,38)/t20-,22-,31?,32?/m1/s1. The number of carboxylic acids is 1. The van der Waals surface area contributed by atoms with E-state index in [1.54, 1.807) is 41.8 Å². The summed E-state index contributed by atoms with van der Waals surface area (Å²) in [6, 6.07) is 16.3. The molecule has 0 aliphatic heterocycles. The van der Waals surface area contributed by atoms with Gasteiger partial charge in [-0.25, -0.2) is 9.18 Å². The number of aromatic nitrogens is 1. The summed E-state index contributed by atoms with van der Waals surface area (Å²) < 4.78 is 21.6. The van der Waals surface area contributed by atoms with Crippen LogP contribution in [0.1, 0.15) is 50.2 Å². The molecule has 4 aromatic rings. The van der Waals surface area contributed by atoms with E-state index in [0.29, 0.717) is 43.0 Å². The molecule has 1 saturated carbocycles. The van der Waals surface area contributed by atoms with Gasteiger partial charge >= 0.3 is 5.97 Å². The summed E-state index contributed by atoms with van der Waals surface area (Å²) in [5.74, 6) is 0.325. The van der Waals surface area contributed by atoms with Crippen molar-refractivity contribution in [1.82, 2.24) is 4.98 Å². The van der Waals surface area contributed by atoms with Crippen LogP contribution in [0.25, 0.3) is 10.2 Å². The Kier molecular flexibility index (Phi) is 7.21. The molecule has 2 heterocycles. The van der Waals surface area contributed by atoms with Crippen LogP contribution >= 0.6 is 22.9 Å². The van der Waals surface area contributed by atoms with E-state index in [1.165, 1.54) is 5.56 Å². The van der Waals surface area contributed by atoms with Crippen LogP contribution in [0, 0.1) is 17.7 Å². The summed E-state index contributed by atoms with van der Waals surface area (Å²) in [5.41, 5.74) is 2.62. The van der Waals surface area contributed by atoms with Gasteiger partial charge in [0.25, 0.3) is 0 Å². The third kappa shape index (κ3) is 4.94. The van der Waals surface area contributed by atoms with Crippen molar-refractivity contribution in [2.24, 2.45) is 11.8 Å². The molecule has 2 atom stereocenters. The number of rotatable bonds is 8. The zero-order valence-corrected chi connectivity index (χ0v) is 23.9. The number of carbonyl (C=O) groups is 1. The second-order valence-electron chi connectivity index (χ2n) is 11.5. The average molecular weight is 579 g/mol. The molecule has 208 valence electrons. The van der Waals surface area contributed by atoms with Gasteiger partial charge in [-0.05, 0) is 115 Å². The molecule has 8 heteroatoms. The van der Waals surface area contributed by atoms with Gasteiger partial charge in [0.2, 0.25) is 0 Å². The molecule has 0 bridgehead atoms. The lowest BCUT2D eigenvalue weighted by atomic mass is 9.59. The molecule has 2 aliphatic carbocycles. The van der Waals surface area contributed by atoms with Crippen LogP contribution in [0.2, 0.25) is 5.02 Å². The first-order chi connectivity index (χ1) is 19.3. The summed E-state index contributed by atoms with van der Waals surface area (Å²) >= 11 is 7.81. The average Bonchev–Trinajstić information content (AvgIpc) is 3.52. The van der Waals surface area contributed by atoms with Crippen LogP contribution in [-0.4, -0.2) is 28.2 Å². The molecule has 40 heavy (non-hydrogen) atoms. The molecular weight excluding hydrogens is 547 g/mol. The van der Waals surface area contributed by atoms with Crippen molar-refractivity contribution in [1.29, 1.82) is 0 Å². The van der Waals surface area contributed by atoms with Gasteiger partial charge in [0, 0.05) is 16.9 Å². The summed E-state index contributed by atoms with van der Waals surface area (Å²) in [7, 11) is 0. The van der Waals surface area contributed by atoms with Crippen molar-refractivity contribution in [3.63, 3.8) is 0 Å². The maximum atomic E-state index is 14.3. The lowest BCUT2D eigenvalue weighted by Gasteiger charge is -2.47. The van der Waals surface area contributed by atoms with E-state index in [2.05, 4.69) is 17.2 Å². The highest BCUT2D eigenvalue weighted by atomic mass is 35.5. The molecule has 2 aromatic heterocycles. The highest BCUT2D eigenvalue weighted by molar-refractivity contribution is 7.17. The van der Waals surface area contributed by atoms with E-state index < -0.39 is 11.5 Å². The molecule has 1 fully saturated rings. The van der Waals surface area contributed by atoms with Gasteiger partial charge in [0.1, 0.15) is 17.1 Å². The van der Waals surface area contributed by atoms with Gasteiger partial charge in [-0.3, -0.25) is 4.98 Å². The number of thiophene rings is 1. The number of benzene rings is 2. The minimum atomic E-state index is -1.08. The Balaban J connectivity index is 1.22. The fourth-order valence-corrected chi connectivity index (χ4v) is 8.00. The minimum absolute atomic E-state index is 0.191. The number of pyridine rings is 1. The third-order valence-electron chi connectivity index (χ3n) is 8.98. The molecule has 0 amide bonds. The molecular formula is C32H32ClFN2O3S. The summed E-state index contributed by atoms with van der Waals surface area (Å²) in [6.07, 6.45) is 5.86. The maximum absolute atomic E-state index is 14.3. The zero-order chi connectivity index (χ0) is 27.9. The summed E-state index contributed by atoms with van der Waals surface area (Å²) in [6.45, 7) is 2.78. The first-order valence-corrected chi connectivity index (χ1v) is 15.0. The number of nitrogens with zero attached hydrogens (tertiary/aromatic N) is 1. The molecule has 0 unspecified atom stereocenters. The second kappa shape index (κ2) is 10.7. The topological polar surface area (TPSA) is 71.5 Å². The van der Waals surface area contributed by atoms with Crippen molar-refractivity contribution < 1.29 is 19.0 Å². The van der Waals surface area contributed by atoms with E-state index in [9.17, 15) is 14.3 Å². The fourth-order valence-electron chi connectivity index (χ4n) is 6.99. The van der Waals surface area contributed by atoms with Crippen LogP contribution in [0.15, 0.2) is 66.2 Å². The van der Waals surface area contributed by atoms with E-state index in [4.69, 9.17) is 16.3 Å². The van der Waals surface area contributed by atoms with Crippen LogP contribution in [-0.2, 0) is 16.6 Å². The van der Waals surface area contributed by atoms with Gasteiger partial charge in [0.05, 0.1) is 16.8 Å². The molecule has 0 radical (unpaired) electrons. The summed E-state index contributed by atoms with van der Waals surface area (Å²) in [5, 5.41) is 16.3. The number of hydrogen-bond acceptors (Lipinski definition) is 5. The van der Waals surface area contributed by atoms with Crippen molar-refractivity contribution in [2.45, 2.75) is 56.4 Å². The van der Waals surface area contributed by atoms with Gasteiger partial charge in [-0.1, -0.05) is 30.7 Å². The Labute approximate surface area is 242 Å². The second-order valence-corrected chi connectivity index (χ2v) is 12.8. The normalized spacial score (nSPS) is 24.6. The Morgan fingerprint density at radius 1 is 1.20 bits per heavy atom. The van der Waals surface area contributed by atoms with E-state index >= 15 is 0 Å². The molecule has 0 saturated heterocycles. The van der Waals surface area contributed by atoms with Crippen molar-refractivity contribution in [3.05, 3.63) is 88.1 Å². The molecule has 1 spiro atoms. The van der Waals surface area contributed by atoms with E-state index in [-0.39, 0.29) is 23.1 Å². The molecule has 2 aromatic carbocycles. The maximum Gasteiger partial charge on any atom is 0.329 e. The smallest absolute Gasteiger partial charge is 0.329 e. The molecule has 2 N–H and O–H groups in total. The van der Waals surface area contributed by atoms with Crippen LogP contribution in [0.3, 0.4) is 0 Å². The summed E-state index contributed by atoms with van der Waals surface area (Å²) in [4.78, 5) is 17.0. The molecule has 5 nitrogen and oxygen atoms in total. The number of hydrogen-bond donors (Lipinski definition) is 2. The molecule has 2 aliphatic rings. The highest BCUT2D eigenvalue weighted by Gasteiger charge is 2.54. The van der Waals surface area contributed by atoms with E-state index in [1.807, 2.05) is 35.7 Å². The highest BCUT2D eigenvalue weighted by Crippen LogP contribution is 2.56.